The maximum Gasteiger partial charge on any atom is 0.335 e. The number of carbonyl (C=O) groups excluding carboxylic acids is 2. The Balaban J connectivity index is 2.10. The Morgan fingerprint density at radius 2 is 1.83 bits per heavy atom. The van der Waals surface area contributed by atoms with E-state index in [1.807, 2.05) is 13.8 Å². The van der Waals surface area contributed by atoms with Crippen molar-refractivity contribution in [1.29, 1.82) is 0 Å². The van der Waals surface area contributed by atoms with E-state index in [1.165, 1.54) is 11.0 Å². The number of terminal acetylenes is 1. The number of anilines is 1. The van der Waals surface area contributed by atoms with E-state index in [2.05, 4.69) is 10.9 Å². The third-order valence-electron chi connectivity index (χ3n) is 5.29. The summed E-state index contributed by atoms with van der Waals surface area (Å²) in [7, 11) is 0. The summed E-state index contributed by atoms with van der Waals surface area (Å²) in [6.07, 6.45) is 9.05. The number of hydrogen-bond donors (Lipinski definition) is 0. The molecule has 0 unspecified atom stereocenters. The molecule has 1 amide bonds. The van der Waals surface area contributed by atoms with Crippen molar-refractivity contribution in [1.82, 2.24) is 4.98 Å². The molecule has 1 aromatic carbocycles. The molecule has 0 atom stereocenters. The van der Waals surface area contributed by atoms with Gasteiger partial charge in [-0.25, -0.2) is 9.78 Å². The van der Waals surface area contributed by atoms with Crippen molar-refractivity contribution < 1.29 is 19.1 Å². The molecule has 1 aromatic heterocycles. The van der Waals surface area contributed by atoms with Crippen LogP contribution in [0, 0.1) is 12.3 Å². The highest BCUT2D eigenvalue weighted by Gasteiger charge is 2.30. The first kappa shape index (κ1) is 26.9. The minimum Gasteiger partial charge on any atom is -0.489 e. The number of nitrogens with zero attached hydrogens (tertiary/aromatic N) is 2. The fourth-order valence-electron chi connectivity index (χ4n) is 3.74. The van der Waals surface area contributed by atoms with Gasteiger partial charge in [0.25, 0.3) is 5.91 Å². The van der Waals surface area contributed by atoms with Crippen molar-refractivity contribution in [3.8, 4) is 18.1 Å². The third-order valence-corrected chi connectivity index (χ3v) is 6.11. The zero-order chi connectivity index (χ0) is 25.5. The predicted octanol–water partition coefficient (Wildman–Crippen LogP) is 6.41. The van der Waals surface area contributed by atoms with Gasteiger partial charge in [0.1, 0.15) is 10.9 Å². The number of benzene rings is 1. The Kier molecular flexibility index (Phi) is 9.45. The summed E-state index contributed by atoms with van der Waals surface area (Å²) in [5.74, 6) is 1.72. The molecule has 0 saturated carbocycles. The van der Waals surface area contributed by atoms with Crippen LogP contribution >= 0.6 is 34.8 Å². The van der Waals surface area contributed by atoms with Gasteiger partial charge < -0.3 is 14.4 Å². The van der Waals surface area contributed by atoms with E-state index in [0.29, 0.717) is 51.2 Å². The number of halogens is 3. The summed E-state index contributed by atoms with van der Waals surface area (Å²) in [5.41, 5.74) is 1.81. The second-order valence-corrected chi connectivity index (χ2v) is 9.43. The Labute approximate surface area is 220 Å². The van der Waals surface area contributed by atoms with E-state index in [9.17, 15) is 9.59 Å². The first-order valence-electron chi connectivity index (χ1n) is 11.1. The average Bonchev–Trinajstić information content (AvgIpc) is 2.83. The zero-order valence-electron chi connectivity index (χ0n) is 19.4. The molecule has 9 heteroatoms. The lowest BCUT2D eigenvalue weighted by molar-refractivity contribution is -0.138. The van der Waals surface area contributed by atoms with Crippen LogP contribution in [0.1, 0.15) is 45.1 Å². The van der Waals surface area contributed by atoms with Crippen molar-refractivity contribution in [3.63, 3.8) is 0 Å². The smallest absolute Gasteiger partial charge is 0.335 e. The van der Waals surface area contributed by atoms with Crippen LogP contribution in [-0.4, -0.2) is 29.6 Å². The fraction of sp³-hybridized carbons (Fsp3) is 0.346. The Hall–Kier alpha value is -2.72. The summed E-state index contributed by atoms with van der Waals surface area (Å²) in [6, 6.07) is 6.57. The van der Waals surface area contributed by atoms with Crippen molar-refractivity contribution >= 4 is 52.4 Å². The number of pyridine rings is 1. The van der Waals surface area contributed by atoms with Gasteiger partial charge in [0.2, 0.25) is 0 Å². The number of rotatable bonds is 8. The second kappa shape index (κ2) is 12.3. The highest BCUT2D eigenvalue weighted by Crippen LogP contribution is 2.39. The van der Waals surface area contributed by atoms with Crippen LogP contribution < -0.4 is 9.64 Å². The van der Waals surface area contributed by atoms with Crippen LogP contribution in [0.2, 0.25) is 15.2 Å². The van der Waals surface area contributed by atoms with Gasteiger partial charge >= 0.3 is 5.97 Å². The molecular formula is C26H25Cl3N2O4. The fourth-order valence-corrected chi connectivity index (χ4v) is 4.38. The van der Waals surface area contributed by atoms with E-state index in [4.69, 9.17) is 50.7 Å². The SMILES string of the molecule is C#CCOC(=O)C1=C(C(=O)N(Cc2ccc(Cl)nc2)c2cc(OC(C)C)c(Cl)cc2Cl)CCCC1. The van der Waals surface area contributed by atoms with Crippen LogP contribution in [0.3, 0.4) is 0 Å². The molecule has 0 spiro atoms. The minimum absolute atomic E-state index is 0.127. The van der Waals surface area contributed by atoms with Gasteiger partial charge in [0.15, 0.2) is 6.61 Å². The van der Waals surface area contributed by atoms with Gasteiger partial charge in [0.05, 0.1) is 28.4 Å². The van der Waals surface area contributed by atoms with Crippen molar-refractivity contribution in [3.05, 3.63) is 62.4 Å². The molecule has 2 aromatic rings. The topological polar surface area (TPSA) is 68.7 Å². The summed E-state index contributed by atoms with van der Waals surface area (Å²) in [6.45, 7) is 3.70. The molecule has 1 heterocycles. The van der Waals surface area contributed by atoms with Gasteiger partial charge in [-0.3, -0.25) is 4.79 Å². The molecule has 1 aliphatic rings. The summed E-state index contributed by atoms with van der Waals surface area (Å²) < 4.78 is 11.0. The highest BCUT2D eigenvalue weighted by atomic mass is 35.5. The predicted molar refractivity (Wildman–Crippen MR) is 138 cm³/mol. The normalized spacial score (nSPS) is 13.4. The van der Waals surface area contributed by atoms with Gasteiger partial charge in [-0.05, 0) is 57.2 Å². The lowest BCUT2D eigenvalue weighted by Crippen LogP contribution is -2.34. The van der Waals surface area contributed by atoms with E-state index in [0.717, 1.165) is 12.8 Å². The molecular weight excluding hydrogens is 511 g/mol. The third kappa shape index (κ3) is 6.91. The molecule has 0 fully saturated rings. The van der Waals surface area contributed by atoms with Crippen LogP contribution in [0.4, 0.5) is 5.69 Å². The molecule has 0 bridgehead atoms. The largest absolute Gasteiger partial charge is 0.489 e. The van der Waals surface area contributed by atoms with Gasteiger partial charge in [-0.15, -0.1) is 6.42 Å². The van der Waals surface area contributed by atoms with Gasteiger partial charge in [-0.1, -0.05) is 46.8 Å². The van der Waals surface area contributed by atoms with Crippen LogP contribution in [-0.2, 0) is 20.9 Å². The molecule has 0 aliphatic heterocycles. The summed E-state index contributed by atoms with van der Waals surface area (Å²) in [5, 5.41) is 0.912. The molecule has 35 heavy (non-hydrogen) atoms. The van der Waals surface area contributed by atoms with E-state index >= 15 is 0 Å². The zero-order valence-corrected chi connectivity index (χ0v) is 21.7. The average molecular weight is 536 g/mol. The van der Waals surface area contributed by atoms with Gasteiger partial charge in [0, 0.05) is 23.4 Å². The monoisotopic (exact) mass is 534 g/mol. The van der Waals surface area contributed by atoms with Crippen LogP contribution in [0.5, 0.6) is 5.75 Å². The minimum atomic E-state index is -0.579. The Bertz CT molecular complexity index is 1170. The maximum absolute atomic E-state index is 14.0. The quantitative estimate of drug-likeness (QED) is 0.222. The molecule has 1 aliphatic carbocycles. The van der Waals surface area contributed by atoms with E-state index in [1.54, 1.807) is 24.4 Å². The maximum atomic E-state index is 14.0. The molecule has 6 nitrogen and oxygen atoms in total. The van der Waals surface area contributed by atoms with E-state index < -0.39 is 5.97 Å². The number of ether oxygens (including phenoxy) is 2. The number of hydrogen-bond acceptors (Lipinski definition) is 5. The lowest BCUT2D eigenvalue weighted by Gasteiger charge is -2.28. The summed E-state index contributed by atoms with van der Waals surface area (Å²) >= 11 is 18.9. The molecule has 3 rings (SSSR count). The Morgan fingerprint density at radius 1 is 1.11 bits per heavy atom. The number of amides is 1. The van der Waals surface area contributed by atoms with Crippen molar-refractivity contribution in [2.75, 3.05) is 11.5 Å². The molecule has 0 saturated heterocycles. The molecule has 0 N–H and O–H groups in total. The van der Waals surface area contributed by atoms with Crippen LogP contribution in [0.15, 0.2) is 41.6 Å². The molecule has 0 radical (unpaired) electrons. The number of aromatic nitrogens is 1. The first-order valence-corrected chi connectivity index (χ1v) is 12.2. The standard InChI is InChI=1S/C26H25Cl3N2O4/c1-4-11-34-26(33)19-8-6-5-7-18(19)25(32)31(15-17-9-10-24(29)30-14-17)22-13-23(35-16(2)3)21(28)12-20(22)27/h1,9-10,12-14,16H,5-8,11,15H2,2-3H3. The first-order chi connectivity index (χ1) is 16.7. The highest BCUT2D eigenvalue weighted by molar-refractivity contribution is 6.37. The second-order valence-electron chi connectivity index (χ2n) is 8.23. The van der Waals surface area contributed by atoms with Crippen LogP contribution in [0.25, 0.3) is 0 Å². The van der Waals surface area contributed by atoms with E-state index in [-0.39, 0.29) is 30.2 Å². The van der Waals surface area contributed by atoms with Crippen molar-refractivity contribution in [2.45, 2.75) is 52.2 Å². The Morgan fingerprint density at radius 3 is 2.46 bits per heavy atom. The number of esters is 1. The number of carbonyl (C=O) groups is 2. The van der Waals surface area contributed by atoms with Gasteiger partial charge in [-0.2, -0.15) is 0 Å². The van der Waals surface area contributed by atoms with Crippen molar-refractivity contribution in [2.24, 2.45) is 0 Å². The molecule has 184 valence electrons. The lowest BCUT2D eigenvalue weighted by atomic mass is 9.90. The summed E-state index contributed by atoms with van der Waals surface area (Å²) in [4.78, 5) is 32.3.